The van der Waals surface area contributed by atoms with E-state index in [0.717, 1.165) is 39.0 Å². The molecule has 7 nitrogen and oxygen atoms in total. The summed E-state index contributed by atoms with van der Waals surface area (Å²) in [5.41, 5.74) is 0.191. The molecule has 2 aliphatic rings. The summed E-state index contributed by atoms with van der Waals surface area (Å²) in [4.78, 5) is 18.5. The smallest absolute Gasteiger partial charge is 0.232 e. The Labute approximate surface area is 151 Å². The summed E-state index contributed by atoms with van der Waals surface area (Å²) in [7, 11) is 0. The average molecular weight is 359 g/mol. The van der Waals surface area contributed by atoms with Gasteiger partial charge in [-0.05, 0) is 24.7 Å². The zero-order valence-electron chi connectivity index (χ0n) is 14.6. The molecule has 4 rings (SSSR count). The molecule has 1 spiro atoms. The van der Waals surface area contributed by atoms with Crippen LogP contribution in [0.3, 0.4) is 0 Å². The highest BCUT2D eigenvalue weighted by atomic mass is 19.1. The summed E-state index contributed by atoms with van der Waals surface area (Å²) in [5, 5.41) is 0. The molecule has 4 heterocycles. The maximum Gasteiger partial charge on any atom is 0.232 e. The number of halogens is 1. The van der Waals surface area contributed by atoms with Gasteiger partial charge in [-0.3, -0.25) is 4.98 Å². The van der Waals surface area contributed by atoms with E-state index in [1.807, 2.05) is 0 Å². The molecule has 1 atom stereocenters. The molecule has 2 aromatic heterocycles. The molecule has 2 fully saturated rings. The molecule has 0 bridgehead atoms. The lowest BCUT2D eigenvalue weighted by atomic mass is 9.66. The highest BCUT2D eigenvalue weighted by Crippen LogP contribution is 2.45. The van der Waals surface area contributed by atoms with Crippen LogP contribution in [0, 0.1) is 17.2 Å². The Morgan fingerprint density at radius 3 is 2.65 bits per heavy atom. The first-order chi connectivity index (χ1) is 12.8. The van der Waals surface area contributed by atoms with Gasteiger partial charge in [-0.1, -0.05) is 0 Å². The van der Waals surface area contributed by atoms with Crippen molar-refractivity contribution in [3.05, 3.63) is 36.8 Å². The van der Waals surface area contributed by atoms with Crippen LogP contribution >= 0.6 is 0 Å². The first-order valence-electron chi connectivity index (χ1n) is 8.94. The van der Waals surface area contributed by atoms with E-state index in [1.165, 1.54) is 12.4 Å². The second kappa shape index (κ2) is 7.49. The van der Waals surface area contributed by atoms with Crippen LogP contribution in [0.15, 0.2) is 31.0 Å². The minimum atomic E-state index is -0.409. The van der Waals surface area contributed by atoms with E-state index in [1.54, 1.807) is 18.6 Å². The van der Waals surface area contributed by atoms with E-state index in [0.29, 0.717) is 31.0 Å². The fourth-order valence-electron chi connectivity index (χ4n) is 3.93. The van der Waals surface area contributed by atoms with Crippen LogP contribution in [0.4, 0.5) is 10.3 Å². The maximum absolute atomic E-state index is 13.0. The molecule has 0 radical (unpaired) electrons. The molecule has 0 aromatic carbocycles. The summed E-state index contributed by atoms with van der Waals surface area (Å²) in [6.07, 6.45) is 10.4. The quantitative estimate of drug-likeness (QED) is 0.828. The Morgan fingerprint density at radius 1 is 1.12 bits per heavy atom. The van der Waals surface area contributed by atoms with Crippen LogP contribution in [0.2, 0.25) is 0 Å². The van der Waals surface area contributed by atoms with Crippen LogP contribution < -0.4 is 9.64 Å². The molecule has 2 aliphatic heterocycles. The molecule has 2 saturated heterocycles. The van der Waals surface area contributed by atoms with Gasteiger partial charge < -0.3 is 14.4 Å². The summed E-state index contributed by atoms with van der Waals surface area (Å²) < 4.78 is 24.6. The molecule has 138 valence electrons. The van der Waals surface area contributed by atoms with Crippen molar-refractivity contribution in [1.29, 1.82) is 0 Å². The predicted octanol–water partition coefficient (Wildman–Crippen LogP) is 2.11. The zero-order valence-corrected chi connectivity index (χ0v) is 14.6. The fraction of sp³-hybridized carbons (Fsp3) is 0.556. The zero-order chi connectivity index (χ0) is 17.8. The SMILES string of the molecule is Fc1cnc(N2CCC3(CCOCC3COc3cnccn3)CC2)nc1. The largest absolute Gasteiger partial charge is 0.476 e. The van der Waals surface area contributed by atoms with E-state index >= 15 is 0 Å². The normalized spacial score (nSPS) is 22.3. The standard InChI is InChI=1S/C18H22FN5O2/c19-15-9-22-17(23-10-15)24-6-1-18(2-7-24)3-8-25-12-14(18)13-26-16-11-20-4-5-21-16/h4-5,9-11,14H,1-3,6-8,12-13H2. The number of ether oxygens (including phenoxy) is 2. The second-order valence-corrected chi connectivity index (χ2v) is 6.93. The molecule has 0 amide bonds. The van der Waals surface area contributed by atoms with Crippen molar-refractivity contribution in [2.75, 3.05) is 37.8 Å². The number of hydrogen-bond donors (Lipinski definition) is 0. The van der Waals surface area contributed by atoms with Crippen LogP contribution in [-0.2, 0) is 4.74 Å². The molecule has 2 aromatic rings. The third-order valence-electron chi connectivity index (χ3n) is 5.55. The van der Waals surface area contributed by atoms with E-state index in [9.17, 15) is 4.39 Å². The Morgan fingerprint density at radius 2 is 1.92 bits per heavy atom. The number of aromatic nitrogens is 4. The van der Waals surface area contributed by atoms with Gasteiger partial charge >= 0.3 is 0 Å². The van der Waals surface area contributed by atoms with E-state index in [2.05, 4.69) is 24.8 Å². The summed E-state index contributed by atoms with van der Waals surface area (Å²) in [5.74, 6) is 1.05. The predicted molar refractivity (Wildman–Crippen MR) is 92.3 cm³/mol. The molecule has 8 heteroatoms. The third kappa shape index (κ3) is 3.60. The number of piperidine rings is 1. The van der Waals surface area contributed by atoms with Crippen molar-refractivity contribution in [2.24, 2.45) is 11.3 Å². The first kappa shape index (κ1) is 17.1. The molecular formula is C18H22FN5O2. The topological polar surface area (TPSA) is 73.3 Å². The van der Waals surface area contributed by atoms with Gasteiger partial charge in [-0.2, -0.15) is 0 Å². The number of anilines is 1. The van der Waals surface area contributed by atoms with Crippen molar-refractivity contribution in [3.63, 3.8) is 0 Å². The van der Waals surface area contributed by atoms with E-state index < -0.39 is 5.82 Å². The lowest BCUT2D eigenvalue weighted by molar-refractivity contribution is -0.0701. The highest BCUT2D eigenvalue weighted by molar-refractivity contribution is 5.29. The first-order valence-corrected chi connectivity index (χ1v) is 8.94. The van der Waals surface area contributed by atoms with Crippen LogP contribution in [0.5, 0.6) is 5.88 Å². The van der Waals surface area contributed by atoms with Crippen LogP contribution in [-0.4, -0.2) is 52.8 Å². The Kier molecular flexibility index (Phi) is 4.92. The number of nitrogens with zero attached hydrogens (tertiary/aromatic N) is 5. The van der Waals surface area contributed by atoms with Crippen molar-refractivity contribution in [1.82, 2.24) is 19.9 Å². The van der Waals surface area contributed by atoms with Gasteiger partial charge in [0, 0.05) is 38.0 Å². The van der Waals surface area contributed by atoms with E-state index in [-0.39, 0.29) is 5.41 Å². The monoisotopic (exact) mass is 359 g/mol. The minimum Gasteiger partial charge on any atom is -0.476 e. The fourth-order valence-corrected chi connectivity index (χ4v) is 3.93. The number of hydrogen-bond acceptors (Lipinski definition) is 7. The van der Waals surface area contributed by atoms with Gasteiger partial charge in [-0.25, -0.2) is 19.3 Å². The number of rotatable bonds is 4. The molecule has 0 aliphatic carbocycles. The van der Waals surface area contributed by atoms with Gasteiger partial charge in [-0.15, -0.1) is 0 Å². The van der Waals surface area contributed by atoms with Crippen LogP contribution in [0.1, 0.15) is 19.3 Å². The van der Waals surface area contributed by atoms with Crippen molar-refractivity contribution in [3.8, 4) is 5.88 Å². The lowest BCUT2D eigenvalue weighted by Gasteiger charge is -2.48. The molecular weight excluding hydrogens is 337 g/mol. The lowest BCUT2D eigenvalue weighted by Crippen LogP contribution is -2.50. The Hall–Kier alpha value is -2.35. The van der Waals surface area contributed by atoms with Crippen molar-refractivity contribution < 1.29 is 13.9 Å². The minimum absolute atomic E-state index is 0.191. The third-order valence-corrected chi connectivity index (χ3v) is 5.55. The van der Waals surface area contributed by atoms with Gasteiger partial charge in [0.05, 0.1) is 31.8 Å². The summed E-state index contributed by atoms with van der Waals surface area (Å²) in [6.45, 7) is 3.77. The highest BCUT2D eigenvalue weighted by Gasteiger charge is 2.44. The maximum atomic E-state index is 13.0. The molecule has 0 N–H and O–H groups in total. The molecule has 0 saturated carbocycles. The van der Waals surface area contributed by atoms with Crippen LogP contribution in [0.25, 0.3) is 0 Å². The van der Waals surface area contributed by atoms with Gasteiger partial charge in [0.25, 0.3) is 0 Å². The molecule has 26 heavy (non-hydrogen) atoms. The Balaban J connectivity index is 1.40. The Bertz CT molecular complexity index is 707. The van der Waals surface area contributed by atoms with Gasteiger partial charge in [0.1, 0.15) is 0 Å². The summed E-state index contributed by atoms with van der Waals surface area (Å²) >= 11 is 0. The average Bonchev–Trinajstić information content (AvgIpc) is 2.70. The molecule has 1 unspecified atom stereocenters. The van der Waals surface area contributed by atoms with Crippen molar-refractivity contribution in [2.45, 2.75) is 19.3 Å². The second-order valence-electron chi connectivity index (χ2n) is 6.93. The van der Waals surface area contributed by atoms with E-state index in [4.69, 9.17) is 9.47 Å². The van der Waals surface area contributed by atoms with Gasteiger partial charge in [0.2, 0.25) is 11.8 Å². The van der Waals surface area contributed by atoms with Crippen molar-refractivity contribution >= 4 is 5.95 Å². The van der Waals surface area contributed by atoms with Gasteiger partial charge in [0.15, 0.2) is 5.82 Å². The summed E-state index contributed by atoms with van der Waals surface area (Å²) in [6, 6.07) is 0.